The monoisotopic (exact) mass is 328 g/mol. The number of halogens is 7. The van der Waals surface area contributed by atoms with Crippen LogP contribution in [0.25, 0.3) is 0 Å². The molecule has 9 nitrogen and oxygen atoms in total. The van der Waals surface area contributed by atoms with E-state index < -0.39 is 38.5 Å². The lowest BCUT2D eigenvalue weighted by atomic mass is 10.7. The van der Waals surface area contributed by atoms with Crippen LogP contribution in [0.4, 0.5) is 26.9 Å². The van der Waals surface area contributed by atoms with Gasteiger partial charge in [0.2, 0.25) is 0 Å². The predicted octanol–water partition coefficient (Wildman–Crippen LogP) is -1.75. The van der Waals surface area contributed by atoms with Crippen molar-refractivity contribution in [2.24, 2.45) is 0 Å². The molecule has 118 valence electrons. The van der Waals surface area contributed by atoms with E-state index in [1.807, 2.05) is 0 Å². The van der Waals surface area contributed by atoms with Crippen LogP contribution in [-0.4, -0.2) is 28.3 Å². The first-order valence-electron chi connectivity index (χ1n) is 3.56. The molecule has 0 aromatic rings. The van der Waals surface area contributed by atoms with Gasteiger partial charge in [0.1, 0.15) is 0 Å². The molecule has 0 aliphatic heterocycles. The van der Waals surface area contributed by atoms with Crippen molar-refractivity contribution in [1.29, 1.82) is 0 Å². The Hall–Kier alpha value is -0.490. The molecule has 0 saturated carbocycles. The van der Waals surface area contributed by atoms with Gasteiger partial charge in [-0.25, -0.2) is 0 Å². The second-order valence-corrected chi connectivity index (χ2v) is 3.36. The number of hydrogen-bond donors (Lipinski definition) is 1. The molecule has 16 heteroatoms. The molecule has 3 N–H and O–H groups in total. The molecular formula is C3H7ClF6N4O5. The maximum Gasteiger partial charge on any atom is 0.412 e. The highest BCUT2D eigenvalue weighted by molar-refractivity contribution is 4.55. The van der Waals surface area contributed by atoms with Crippen LogP contribution in [0.1, 0.15) is 6.92 Å². The highest BCUT2D eigenvalue weighted by atomic mass is 35.7. The molecular weight excluding hydrogens is 321 g/mol. The largest absolute Gasteiger partial charge is 0.412 e. The van der Waals surface area contributed by atoms with E-state index in [1.165, 1.54) is 0 Å². The Morgan fingerprint density at radius 1 is 0.947 bits per heavy atom. The number of ether oxygens (including phenoxy) is 1. The van der Waals surface area contributed by atoms with Gasteiger partial charge in [0, 0.05) is 6.92 Å². The Kier molecular flexibility index (Phi) is 8.04. The average Bonchev–Trinajstić information content (AvgIpc) is 2.09. The number of hydrogen-bond acceptors (Lipinski definition) is 9. The first-order chi connectivity index (χ1) is 7.93. The third-order valence-corrected chi connectivity index (χ3v) is 1.69. The highest BCUT2D eigenvalue weighted by Crippen LogP contribution is 2.32. The van der Waals surface area contributed by atoms with E-state index in [0.29, 0.717) is 6.92 Å². The van der Waals surface area contributed by atoms with Crippen LogP contribution in [0.3, 0.4) is 0 Å². The Morgan fingerprint density at radius 2 is 1.26 bits per heavy atom. The minimum atomic E-state index is -5.26. The zero-order valence-corrected chi connectivity index (χ0v) is 9.57. The smallest absolute Gasteiger partial charge is 0.344 e. The van der Waals surface area contributed by atoms with Gasteiger partial charge in [-0.2, -0.15) is 14.0 Å². The summed E-state index contributed by atoms with van der Waals surface area (Å²) in [5.41, 5.74) is 0. The average molecular weight is 329 g/mol. The van der Waals surface area contributed by atoms with Gasteiger partial charge in [0.15, 0.2) is 0 Å². The quantitative estimate of drug-likeness (QED) is 0.328. The van der Waals surface area contributed by atoms with Crippen LogP contribution in [-0.2, 0) is 9.03 Å². The third-order valence-electron chi connectivity index (χ3n) is 1.22. The van der Waals surface area contributed by atoms with Crippen molar-refractivity contribution in [3.05, 3.63) is 0 Å². The van der Waals surface area contributed by atoms with Crippen molar-refractivity contribution in [1.82, 2.24) is 22.2 Å². The van der Waals surface area contributed by atoms with E-state index in [4.69, 9.17) is 0 Å². The summed E-state index contributed by atoms with van der Waals surface area (Å²) in [5.74, 6) is -5.04. The lowest BCUT2D eigenvalue weighted by Gasteiger charge is -2.31. The maximum atomic E-state index is 12.0. The van der Waals surface area contributed by atoms with Gasteiger partial charge in [-0.3, -0.25) is 4.74 Å². The van der Waals surface area contributed by atoms with Crippen LogP contribution in [0.2, 0.25) is 0 Å². The summed E-state index contributed by atoms with van der Waals surface area (Å²) in [7, 11) is -5.26. The first-order valence-corrected chi connectivity index (χ1v) is 4.79. The van der Waals surface area contributed by atoms with E-state index in [2.05, 4.69) is 9.03 Å². The summed E-state index contributed by atoms with van der Waals surface area (Å²) >= 11 is 0. The Labute approximate surface area is 103 Å². The second-order valence-electron chi connectivity index (χ2n) is 2.43. The Morgan fingerprint density at radius 3 is 1.47 bits per heavy atom. The normalized spacial score (nSPS) is 15.0. The molecule has 0 aliphatic rings. The molecule has 0 radical (unpaired) electrons. The van der Waals surface area contributed by atoms with Gasteiger partial charge < -0.3 is 6.15 Å². The predicted molar refractivity (Wildman–Crippen MR) is 31.6 cm³/mol. The summed E-state index contributed by atoms with van der Waals surface area (Å²) in [6.45, 7) is 0.341. The van der Waals surface area contributed by atoms with Crippen molar-refractivity contribution in [2.45, 2.75) is 19.2 Å². The number of nitrogens with zero attached hydrogens (tertiary/aromatic N) is 3. The summed E-state index contributed by atoms with van der Waals surface area (Å²) in [5, 5.41) is -8.33. The van der Waals surface area contributed by atoms with Crippen molar-refractivity contribution < 1.29 is 60.1 Å². The lowest BCUT2D eigenvalue weighted by Crippen LogP contribution is -2.65. The Bertz CT molecular complexity index is 246. The topological polar surface area (TPSA) is 132 Å². The van der Waals surface area contributed by atoms with Crippen molar-refractivity contribution >= 4 is 0 Å². The minimum Gasteiger partial charge on any atom is -0.344 e. The Balaban J connectivity index is 0. The molecule has 0 saturated heterocycles. The summed E-state index contributed by atoms with van der Waals surface area (Å²) in [6, 6.07) is 0. The standard InChI is InChI=1S/C3H4ClF6N3O5.H3N/c1-2(18-4(14,15)16)17-3(11(5)6,12(7)8)13(9)10;/h2H,1H3;1H3. The van der Waals surface area contributed by atoms with Crippen molar-refractivity contribution in [3.63, 3.8) is 0 Å². The summed E-state index contributed by atoms with van der Waals surface area (Å²) < 4.78 is 109. The molecule has 0 spiro atoms. The molecule has 0 bridgehead atoms. The van der Waals surface area contributed by atoms with Gasteiger partial charge >= 0.3 is 12.3 Å². The van der Waals surface area contributed by atoms with E-state index in [9.17, 15) is 40.9 Å². The second kappa shape index (κ2) is 7.33. The molecule has 0 amide bonds. The van der Waals surface area contributed by atoms with Gasteiger partial charge in [0.25, 0.3) is 0 Å². The zero-order valence-electron chi connectivity index (χ0n) is 8.81. The van der Waals surface area contributed by atoms with Gasteiger partial charge in [-0.1, -0.05) is 26.9 Å². The maximum absolute atomic E-state index is 12.0. The van der Waals surface area contributed by atoms with Crippen LogP contribution >= 0.6 is 0 Å². The van der Waals surface area contributed by atoms with Gasteiger partial charge in [-0.05, 0) is 0 Å². The minimum absolute atomic E-state index is 0. The number of rotatable bonds is 7. The van der Waals surface area contributed by atoms with Crippen molar-refractivity contribution in [2.75, 3.05) is 0 Å². The van der Waals surface area contributed by atoms with E-state index >= 15 is 0 Å². The molecule has 0 aromatic heterocycles. The zero-order chi connectivity index (χ0) is 14.7. The van der Waals surface area contributed by atoms with E-state index in [1.54, 1.807) is 0 Å². The first kappa shape index (κ1) is 20.8. The lowest BCUT2D eigenvalue weighted by molar-refractivity contribution is -1.92. The fourth-order valence-electron chi connectivity index (χ4n) is 0.685. The molecule has 0 fully saturated rings. The van der Waals surface area contributed by atoms with Crippen molar-refractivity contribution in [3.8, 4) is 0 Å². The highest BCUT2D eigenvalue weighted by Gasteiger charge is 2.60. The molecule has 0 heterocycles. The molecule has 0 rings (SSSR count). The fraction of sp³-hybridized carbons (Fsp3) is 1.00. The van der Waals surface area contributed by atoms with Crippen LogP contribution in [0, 0.1) is 10.2 Å². The molecule has 1 atom stereocenters. The molecule has 1 unspecified atom stereocenters. The molecule has 19 heavy (non-hydrogen) atoms. The van der Waals surface area contributed by atoms with E-state index in [0.717, 1.165) is 0 Å². The van der Waals surface area contributed by atoms with Crippen LogP contribution in [0.5, 0.6) is 0 Å². The van der Waals surface area contributed by atoms with Crippen LogP contribution in [0.15, 0.2) is 0 Å². The SMILES string of the molecule is CC(OC(N(F)F)(N(F)F)N(F)F)O[Cl+3]([O-])([O-])[O-].N. The summed E-state index contributed by atoms with van der Waals surface area (Å²) in [4.78, 5) is 0. The van der Waals surface area contributed by atoms with Gasteiger partial charge in [-0.15, -0.1) is 0 Å². The van der Waals surface area contributed by atoms with Gasteiger partial charge in [0.05, 0.1) is 30.6 Å². The third kappa shape index (κ3) is 5.57. The summed E-state index contributed by atoms with van der Waals surface area (Å²) in [6.07, 6.45) is -2.66. The van der Waals surface area contributed by atoms with Crippen LogP contribution < -0.4 is 20.1 Å². The molecule has 0 aromatic carbocycles. The fourth-order valence-corrected chi connectivity index (χ4v) is 1.03. The molecule has 0 aliphatic carbocycles. The van der Waals surface area contributed by atoms with E-state index in [-0.39, 0.29) is 6.15 Å².